The number of ether oxygens (including phenoxy) is 1. The average Bonchev–Trinajstić information content (AvgIpc) is 2.60. The summed E-state index contributed by atoms with van der Waals surface area (Å²) >= 11 is 0. The summed E-state index contributed by atoms with van der Waals surface area (Å²) in [6.45, 7) is 0.298. The van der Waals surface area contributed by atoms with Crippen LogP contribution < -0.4 is 15.8 Å². The molecular formula is C13H18N2O3. The van der Waals surface area contributed by atoms with Crippen LogP contribution in [-0.2, 0) is 4.79 Å². The summed E-state index contributed by atoms with van der Waals surface area (Å²) in [5, 5.41) is 11.7. The standard InChI is InChI=1S/C13H18N2O3/c14-10(8-16)13(17)15-11-5-3-7-18-12-6-2-1-4-9(11)12/h1-2,4,6,10-11,16H,3,5,7-8,14H2,(H,15,17). The van der Waals surface area contributed by atoms with Crippen LogP contribution in [0.1, 0.15) is 24.4 Å². The van der Waals surface area contributed by atoms with Crippen molar-refractivity contribution in [2.24, 2.45) is 5.73 Å². The fraction of sp³-hybridized carbons (Fsp3) is 0.462. The van der Waals surface area contributed by atoms with Crippen molar-refractivity contribution in [1.29, 1.82) is 0 Å². The summed E-state index contributed by atoms with van der Waals surface area (Å²) in [7, 11) is 0. The Morgan fingerprint density at radius 1 is 1.56 bits per heavy atom. The van der Waals surface area contributed by atoms with Crippen LogP contribution in [0.2, 0.25) is 0 Å². The Morgan fingerprint density at radius 2 is 2.33 bits per heavy atom. The monoisotopic (exact) mass is 250 g/mol. The van der Waals surface area contributed by atoms with E-state index in [0.717, 1.165) is 24.2 Å². The summed E-state index contributed by atoms with van der Waals surface area (Å²) in [6.07, 6.45) is 1.68. The predicted molar refractivity (Wildman–Crippen MR) is 67.1 cm³/mol. The zero-order valence-electron chi connectivity index (χ0n) is 10.1. The van der Waals surface area contributed by atoms with Crippen molar-refractivity contribution >= 4 is 5.91 Å². The van der Waals surface area contributed by atoms with Crippen molar-refractivity contribution in [3.05, 3.63) is 29.8 Å². The molecule has 1 aromatic rings. The second-order valence-electron chi connectivity index (χ2n) is 4.38. The number of rotatable bonds is 3. The highest BCUT2D eigenvalue weighted by Crippen LogP contribution is 2.30. The van der Waals surface area contributed by atoms with Gasteiger partial charge in [-0.25, -0.2) is 0 Å². The highest BCUT2D eigenvalue weighted by atomic mass is 16.5. The molecule has 0 spiro atoms. The maximum absolute atomic E-state index is 11.7. The lowest BCUT2D eigenvalue weighted by Crippen LogP contribution is -2.44. The second kappa shape index (κ2) is 5.84. The lowest BCUT2D eigenvalue weighted by molar-refractivity contribution is -0.123. The molecule has 2 unspecified atom stereocenters. The first-order valence-corrected chi connectivity index (χ1v) is 6.11. The third-order valence-corrected chi connectivity index (χ3v) is 3.04. The van der Waals surface area contributed by atoms with Crippen molar-refractivity contribution in [2.75, 3.05) is 13.2 Å². The van der Waals surface area contributed by atoms with Crippen LogP contribution in [0, 0.1) is 0 Å². The zero-order chi connectivity index (χ0) is 13.0. The smallest absolute Gasteiger partial charge is 0.239 e. The van der Waals surface area contributed by atoms with Gasteiger partial charge < -0.3 is 20.9 Å². The van der Waals surface area contributed by atoms with Gasteiger partial charge in [-0.1, -0.05) is 18.2 Å². The summed E-state index contributed by atoms with van der Waals surface area (Å²) in [5.41, 5.74) is 6.47. The molecule has 0 fully saturated rings. The fourth-order valence-electron chi connectivity index (χ4n) is 2.04. The van der Waals surface area contributed by atoms with Crippen molar-refractivity contribution in [2.45, 2.75) is 24.9 Å². The molecule has 1 amide bonds. The largest absolute Gasteiger partial charge is 0.493 e. The molecule has 1 aromatic carbocycles. The van der Waals surface area contributed by atoms with Crippen molar-refractivity contribution in [1.82, 2.24) is 5.32 Å². The SMILES string of the molecule is NC(CO)C(=O)NC1CCCOc2ccccc21. The van der Waals surface area contributed by atoms with E-state index < -0.39 is 6.04 Å². The van der Waals surface area contributed by atoms with Crippen molar-refractivity contribution in [3.63, 3.8) is 0 Å². The first-order valence-electron chi connectivity index (χ1n) is 6.11. The Bertz CT molecular complexity index is 422. The van der Waals surface area contributed by atoms with Gasteiger partial charge in [-0.3, -0.25) is 4.79 Å². The molecule has 4 N–H and O–H groups in total. The molecule has 2 atom stereocenters. The van der Waals surface area contributed by atoms with Crippen LogP contribution in [-0.4, -0.2) is 30.3 Å². The summed E-state index contributed by atoms with van der Waals surface area (Å²) in [6, 6.07) is 6.68. The fourth-order valence-corrected chi connectivity index (χ4v) is 2.04. The van der Waals surface area contributed by atoms with Gasteiger partial charge in [0.25, 0.3) is 0 Å². The van der Waals surface area contributed by atoms with Crippen LogP contribution in [0.25, 0.3) is 0 Å². The number of carbonyl (C=O) groups is 1. The molecule has 0 aromatic heterocycles. The van der Waals surface area contributed by atoms with E-state index in [0.29, 0.717) is 6.61 Å². The van der Waals surface area contributed by atoms with Crippen molar-refractivity contribution in [3.8, 4) is 5.75 Å². The van der Waals surface area contributed by atoms with Crippen LogP contribution in [0.15, 0.2) is 24.3 Å². The van der Waals surface area contributed by atoms with Gasteiger partial charge in [0.2, 0.25) is 5.91 Å². The third kappa shape index (κ3) is 2.80. The van der Waals surface area contributed by atoms with Crippen LogP contribution in [0.4, 0.5) is 0 Å². The number of hydrogen-bond donors (Lipinski definition) is 3. The van der Waals surface area contributed by atoms with E-state index in [4.69, 9.17) is 15.6 Å². The van der Waals surface area contributed by atoms with E-state index in [1.54, 1.807) is 0 Å². The van der Waals surface area contributed by atoms with E-state index in [1.807, 2.05) is 24.3 Å². The van der Waals surface area contributed by atoms with Gasteiger partial charge in [0.1, 0.15) is 11.8 Å². The molecule has 2 rings (SSSR count). The number of aliphatic hydroxyl groups excluding tert-OH is 1. The van der Waals surface area contributed by atoms with Gasteiger partial charge in [-0.05, 0) is 18.9 Å². The first kappa shape index (κ1) is 12.9. The van der Waals surface area contributed by atoms with Gasteiger partial charge in [0, 0.05) is 5.56 Å². The Balaban J connectivity index is 2.15. The molecular weight excluding hydrogens is 232 g/mol. The maximum Gasteiger partial charge on any atom is 0.239 e. The summed E-state index contributed by atoms with van der Waals surface area (Å²) < 4.78 is 5.62. The molecule has 5 nitrogen and oxygen atoms in total. The molecule has 0 bridgehead atoms. The van der Waals surface area contributed by atoms with Gasteiger partial charge in [0.05, 0.1) is 19.3 Å². The predicted octanol–water partition coefficient (Wildman–Crippen LogP) is 0.336. The lowest BCUT2D eigenvalue weighted by Gasteiger charge is -2.20. The topological polar surface area (TPSA) is 84.6 Å². The number of benzene rings is 1. The number of amides is 1. The Morgan fingerprint density at radius 3 is 3.11 bits per heavy atom. The van der Waals surface area contributed by atoms with Crippen LogP contribution >= 0.6 is 0 Å². The molecule has 18 heavy (non-hydrogen) atoms. The maximum atomic E-state index is 11.7. The van der Waals surface area contributed by atoms with Gasteiger partial charge in [0.15, 0.2) is 0 Å². The molecule has 1 aliphatic rings. The zero-order valence-corrected chi connectivity index (χ0v) is 10.1. The quantitative estimate of drug-likeness (QED) is 0.722. The summed E-state index contributed by atoms with van der Waals surface area (Å²) in [4.78, 5) is 11.7. The number of nitrogens with two attached hydrogens (primary N) is 1. The minimum absolute atomic E-state index is 0.103. The average molecular weight is 250 g/mol. The number of carbonyl (C=O) groups excluding carboxylic acids is 1. The first-order chi connectivity index (χ1) is 8.72. The molecule has 98 valence electrons. The Kier molecular flexibility index (Phi) is 4.17. The number of para-hydroxylation sites is 1. The summed E-state index contributed by atoms with van der Waals surface area (Å²) in [5.74, 6) is 0.470. The Hall–Kier alpha value is -1.59. The molecule has 0 radical (unpaired) electrons. The molecule has 1 aliphatic heterocycles. The van der Waals surface area contributed by atoms with Crippen LogP contribution in [0.3, 0.4) is 0 Å². The van der Waals surface area contributed by atoms with E-state index in [1.165, 1.54) is 0 Å². The number of nitrogens with one attached hydrogen (secondary N) is 1. The second-order valence-corrected chi connectivity index (χ2v) is 4.38. The molecule has 0 saturated carbocycles. The number of fused-ring (bicyclic) bond motifs is 1. The van der Waals surface area contributed by atoms with E-state index in [9.17, 15) is 4.79 Å². The third-order valence-electron chi connectivity index (χ3n) is 3.04. The Labute approximate surface area is 106 Å². The number of aliphatic hydroxyl groups is 1. The number of hydrogen-bond acceptors (Lipinski definition) is 4. The molecule has 1 heterocycles. The lowest BCUT2D eigenvalue weighted by atomic mass is 10.0. The molecule has 5 heteroatoms. The highest BCUT2D eigenvalue weighted by molar-refractivity contribution is 5.82. The van der Waals surface area contributed by atoms with Crippen LogP contribution in [0.5, 0.6) is 5.75 Å². The van der Waals surface area contributed by atoms with Gasteiger partial charge >= 0.3 is 0 Å². The van der Waals surface area contributed by atoms with E-state index in [2.05, 4.69) is 5.32 Å². The highest BCUT2D eigenvalue weighted by Gasteiger charge is 2.23. The molecule has 0 saturated heterocycles. The van der Waals surface area contributed by atoms with Crippen molar-refractivity contribution < 1.29 is 14.6 Å². The van der Waals surface area contributed by atoms with E-state index in [-0.39, 0.29) is 18.6 Å². The minimum atomic E-state index is -0.874. The van der Waals surface area contributed by atoms with Gasteiger partial charge in [-0.2, -0.15) is 0 Å². The molecule has 0 aliphatic carbocycles. The minimum Gasteiger partial charge on any atom is -0.493 e. The normalized spacial score (nSPS) is 20.2. The van der Waals surface area contributed by atoms with E-state index >= 15 is 0 Å². The van der Waals surface area contributed by atoms with Gasteiger partial charge in [-0.15, -0.1) is 0 Å².